The minimum Gasteiger partial charge on any atom is -0.479 e. The van der Waals surface area contributed by atoms with Crippen LogP contribution in [-0.2, 0) is 13.7 Å². The third-order valence-corrected chi connectivity index (χ3v) is 12.5. The second-order valence-corrected chi connectivity index (χ2v) is 17.2. The topological polar surface area (TPSA) is 67.1 Å². The Labute approximate surface area is 220 Å². The van der Waals surface area contributed by atoms with E-state index in [1.807, 2.05) is 58.2 Å². The lowest BCUT2D eigenvalue weighted by Gasteiger charge is -2.37. The zero-order valence-corrected chi connectivity index (χ0v) is 24.5. The summed E-state index contributed by atoms with van der Waals surface area (Å²) in [5.41, 5.74) is 1.31. The summed E-state index contributed by atoms with van der Waals surface area (Å²) in [4.78, 5) is 4.57. The molecule has 0 bridgehead atoms. The van der Waals surface area contributed by atoms with Crippen molar-refractivity contribution in [3.8, 4) is 5.75 Å². The first-order valence-electron chi connectivity index (χ1n) is 12.4. The molecule has 0 spiro atoms. The van der Waals surface area contributed by atoms with Crippen LogP contribution in [0.1, 0.15) is 60.3 Å². The van der Waals surface area contributed by atoms with E-state index in [1.165, 1.54) is 0 Å². The molecule has 1 unspecified atom stereocenters. The Morgan fingerprint density at radius 3 is 2.39 bits per heavy atom. The third kappa shape index (κ3) is 5.22. The standard InChI is InChI=1S/C26H37BClN3O4Si/c1-24(2,3)36(8,9)32-17-22(20-12-10-11-13-29-20)33-21-14-18(16-31-23(21)19(28)15-30-31)27-34-25(4,5)26(6,7)35-27/h10-16,22H,17H2,1-9H3. The van der Waals surface area contributed by atoms with E-state index < -0.39 is 32.7 Å². The van der Waals surface area contributed by atoms with Crippen LogP contribution in [0.25, 0.3) is 5.52 Å². The van der Waals surface area contributed by atoms with Gasteiger partial charge in [-0.2, -0.15) is 5.10 Å². The Morgan fingerprint density at radius 1 is 1.14 bits per heavy atom. The van der Waals surface area contributed by atoms with Crippen molar-refractivity contribution in [3.63, 3.8) is 0 Å². The number of hydrogen-bond acceptors (Lipinski definition) is 6. The van der Waals surface area contributed by atoms with Gasteiger partial charge in [0.05, 0.1) is 34.7 Å². The normalized spacial score (nSPS) is 18.6. The summed E-state index contributed by atoms with van der Waals surface area (Å²) < 4.78 is 27.5. The van der Waals surface area contributed by atoms with Crippen LogP contribution in [0.3, 0.4) is 0 Å². The van der Waals surface area contributed by atoms with Crippen LogP contribution in [-0.4, -0.2) is 47.8 Å². The number of rotatable bonds is 7. The highest BCUT2D eigenvalue weighted by Gasteiger charge is 2.52. The Kier molecular flexibility index (Phi) is 7.11. The quantitative estimate of drug-likeness (QED) is 0.359. The lowest BCUT2D eigenvalue weighted by atomic mass is 9.80. The number of nitrogens with zero attached hydrogens (tertiary/aromatic N) is 3. The molecule has 3 aromatic rings. The molecule has 1 aliphatic heterocycles. The van der Waals surface area contributed by atoms with Crippen LogP contribution < -0.4 is 10.2 Å². The molecule has 0 amide bonds. The van der Waals surface area contributed by atoms with E-state index in [-0.39, 0.29) is 5.04 Å². The zero-order valence-electron chi connectivity index (χ0n) is 22.8. The first-order chi connectivity index (χ1) is 16.6. The largest absolute Gasteiger partial charge is 0.496 e. The van der Waals surface area contributed by atoms with Gasteiger partial charge in [0.1, 0.15) is 11.3 Å². The minimum absolute atomic E-state index is 0.0698. The summed E-state index contributed by atoms with van der Waals surface area (Å²) in [5.74, 6) is 0.569. The number of hydrogen-bond donors (Lipinski definition) is 0. The lowest BCUT2D eigenvalue weighted by molar-refractivity contribution is 0.00578. The van der Waals surface area contributed by atoms with Crippen molar-refractivity contribution < 1.29 is 18.5 Å². The van der Waals surface area contributed by atoms with E-state index in [9.17, 15) is 0 Å². The molecule has 0 radical (unpaired) electrons. The fourth-order valence-corrected chi connectivity index (χ4v) is 4.89. The zero-order chi connectivity index (χ0) is 26.5. The molecular weight excluding hydrogens is 493 g/mol. The number of aromatic nitrogens is 3. The van der Waals surface area contributed by atoms with Crippen LogP contribution in [0.15, 0.2) is 42.9 Å². The van der Waals surface area contributed by atoms with Crippen molar-refractivity contribution in [1.29, 1.82) is 0 Å². The first kappa shape index (κ1) is 27.1. The second kappa shape index (κ2) is 9.44. The van der Waals surface area contributed by atoms with Gasteiger partial charge in [0, 0.05) is 17.9 Å². The molecule has 0 aromatic carbocycles. The second-order valence-electron chi connectivity index (χ2n) is 11.9. The van der Waals surface area contributed by atoms with E-state index in [4.69, 9.17) is 30.1 Å². The van der Waals surface area contributed by atoms with Gasteiger partial charge < -0.3 is 18.5 Å². The summed E-state index contributed by atoms with van der Waals surface area (Å²) in [6, 6.07) is 7.72. The van der Waals surface area contributed by atoms with Gasteiger partial charge in [-0.3, -0.25) is 4.98 Å². The molecule has 1 aliphatic rings. The molecule has 10 heteroatoms. The summed E-state index contributed by atoms with van der Waals surface area (Å²) in [7, 11) is -2.59. The van der Waals surface area contributed by atoms with Gasteiger partial charge in [-0.1, -0.05) is 38.4 Å². The Bertz CT molecular complexity index is 1210. The molecule has 1 atom stereocenters. The molecule has 1 saturated heterocycles. The molecule has 4 rings (SSSR count). The molecule has 7 nitrogen and oxygen atoms in total. The maximum atomic E-state index is 6.64. The monoisotopic (exact) mass is 529 g/mol. The number of ether oxygens (including phenoxy) is 1. The minimum atomic E-state index is -2.02. The molecule has 3 aromatic heterocycles. The van der Waals surface area contributed by atoms with Gasteiger partial charge >= 0.3 is 7.12 Å². The van der Waals surface area contributed by atoms with Crippen LogP contribution in [0.4, 0.5) is 0 Å². The average molecular weight is 530 g/mol. The van der Waals surface area contributed by atoms with Crippen molar-refractivity contribution in [2.45, 2.75) is 83.9 Å². The smallest absolute Gasteiger partial charge is 0.479 e. The maximum Gasteiger partial charge on any atom is 0.496 e. The van der Waals surface area contributed by atoms with Gasteiger partial charge in [-0.25, -0.2) is 4.52 Å². The van der Waals surface area contributed by atoms with E-state index >= 15 is 0 Å². The molecule has 194 valence electrons. The average Bonchev–Trinajstić information content (AvgIpc) is 3.26. The molecule has 1 fully saturated rings. The summed E-state index contributed by atoms with van der Waals surface area (Å²) >= 11 is 6.55. The van der Waals surface area contributed by atoms with Crippen molar-refractivity contribution in [3.05, 3.63) is 53.6 Å². The van der Waals surface area contributed by atoms with Crippen molar-refractivity contribution in [2.75, 3.05) is 6.61 Å². The SMILES string of the molecule is CC1(C)OB(c2cc(OC(CO[Si](C)(C)C(C)(C)C)c3ccccn3)c3c(Cl)cnn3c2)OC1(C)C. The Morgan fingerprint density at radius 2 is 1.81 bits per heavy atom. The molecule has 0 aliphatic carbocycles. The van der Waals surface area contributed by atoms with Gasteiger partial charge in [0.2, 0.25) is 0 Å². The van der Waals surface area contributed by atoms with Crippen molar-refractivity contribution in [2.24, 2.45) is 0 Å². The Balaban J connectivity index is 1.72. The summed E-state index contributed by atoms with van der Waals surface area (Å²) in [6.45, 7) is 19.6. The van der Waals surface area contributed by atoms with E-state index in [1.54, 1.807) is 16.9 Å². The van der Waals surface area contributed by atoms with Gasteiger partial charge in [-0.05, 0) is 64.0 Å². The van der Waals surface area contributed by atoms with Crippen molar-refractivity contribution >= 4 is 38.0 Å². The van der Waals surface area contributed by atoms with Crippen LogP contribution in [0.2, 0.25) is 23.2 Å². The number of halogens is 1. The number of pyridine rings is 2. The fraction of sp³-hybridized carbons (Fsp3) is 0.538. The molecular formula is C26H37BClN3O4Si. The van der Waals surface area contributed by atoms with Crippen LogP contribution >= 0.6 is 11.6 Å². The highest BCUT2D eigenvalue weighted by molar-refractivity contribution is 6.74. The van der Waals surface area contributed by atoms with Gasteiger partial charge in [0.15, 0.2) is 14.4 Å². The first-order valence-corrected chi connectivity index (χ1v) is 15.6. The maximum absolute atomic E-state index is 6.64. The predicted octanol–water partition coefficient (Wildman–Crippen LogP) is 5.82. The molecule has 36 heavy (non-hydrogen) atoms. The third-order valence-electron chi connectivity index (χ3n) is 7.77. The molecule has 4 heterocycles. The Hall–Kier alpha value is -1.91. The summed E-state index contributed by atoms with van der Waals surface area (Å²) in [5, 5.41) is 5.00. The van der Waals surface area contributed by atoms with Crippen LogP contribution in [0, 0.1) is 0 Å². The fourth-order valence-electron chi connectivity index (χ4n) is 3.67. The van der Waals surface area contributed by atoms with Gasteiger partial charge in [0.25, 0.3) is 0 Å². The highest BCUT2D eigenvalue weighted by atomic mass is 35.5. The lowest BCUT2D eigenvalue weighted by Crippen LogP contribution is -2.42. The van der Waals surface area contributed by atoms with E-state index in [0.717, 1.165) is 11.2 Å². The highest BCUT2D eigenvalue weighted by Crippen LogP contribution is 2.39. The molecule has 0 saturated carbocycles. The number of fused-ring (bicyclic) bond motifs is 1. The van der Waals surface area contributed by atoms with Gasteiger partial charge in [-0.15, -0.1) is 0 Å². The van der Waals surface area contributed by atoms with E-state index in [2.05, 4.69) is 43.9 Å². The van der Waals surface area contributed by atoms with Crippen LogP contribution in [0.5, 0.6) is 5.75 Å². The molecule has 0 N–H and O–H groups in total. The predicted molar refractivity (Wildman–Crippen MR) is 147 cm³/mol. The van der Waals surface area contributed by atoms with Crippen molar-refractivity contribution in [1.82, 2.24) is 14.6 Å². The summed E-state index contributed by atoms with van der Waals surface area (Å²) in [6.07, 6.45) is 4.81. The van der Waals surface area contributed by atoms with E-state index in [0.29, 0.717) is 22.9 Å².